The number of nitrogens with one attached hydrogen (secondary N) is 1. The van der Waals surface area contributed by atoms with E-state index in [0.717, 1.165) is 19.9 Å². The molecule has 0 radical (unpaired) electrons. The topological polar surface area (TPSA) is 37.8 Å². The van der Waals surface area contributed by atoms with E-state index in [4.69, 9.17) is 0 Å². The van der Waals surface area contributed by atoms with Gasteiger partial charge in [0.05, 0.1) is 10.2 Å². The highest BCUT2D eigenvalue weighted by Crippen LogP contribution is 2.41. The Labute approximate surface area is 120 Å². The van der Waals surface area contributed by atoms with Crippen molar-refractivity contribution in [3.05, 3.63) is 32.3 Å². The second kappa shape index (κ2) is 4.66. The van der Waals surface area contributed by atoms with Crippen LogP contribution >= 0.6 is 43.2 Å². The molecule has 3 nitrogen and oxygen atoms in total. The molecular weight excluding hydrogens is 366 g/mol. The van der Waals surface area contributed by atoms with Crippen LogP contribution in [-0.4, -0.2) is 9.97 Å². The Morgan fingerprint density at radius 1 is 1.35 bits per heavy atom. The Balaban J connectivity index is 1.80. The average Bonchev–Trinajstić information content (AvgIpc) is 3.04. The molecule has 2 heterocycles. The molecule has 6 heteroatoms. The van der Waals surface area contributed by atoms with E-state index in [2.05, 4.69) is 52.5 Å². The molecule has 0 saturated heterocycles. The largest absolute Gasteiger partial charge is 0.315 e. The van der Waals surface area contributed by atoms with Gasteiger partial charge in [0.15, 0.2) is 5.13 Å². The average molecular weight is 375 g/mol. The van der Waals surface area contributed by atoms with Gasteiger partial charge in [-0.1, -0.05) is 0 Å². The quantitative estimate of drug-likeness (QED) is 0.847. The van der Waals surface area contributed by atoms with E-state index in [0.29, 0.717) is 5.92 Å². The van der Waals surface area contributed by atoms with Crippen molar-refractivity contribution in [3.8, 4) is 0 Å². The van der Waals surface area contributed by atoms with Crippen LogP contribution in [-0.2, 0) is 0 Å². The standard InChI is InChI=1S/C11H9Br2N3S/c12-7-3-8(13)10(14-4-7)16-11-15-9(5-17-11)6-1-2-6/h3-6H,1-2H2,(H,14,15,16). The maximum absolute atomic E-state index is 4.57. The molecule has 1 fully saturated rings. The molecule has 0 aromatic carbocycles. The number of pyridine rings is 1. The maximum atomic E-state index is 4.57. The van der Waals surface area contributed by atoms with Crippen LogP contribution in [0.3, 0.4) is 0 Å². The monoisotopic (exact) mass is 373 g/mol. The van der Waals surface area contributed by atoms with Crippen LogP contribution in [0.15, 0.2) is 26.6 Å². The van der Waals surface area contributed by atoms with E-state index in [1.807, 2.05) is 6.07 Å². The maximum Gasteiger partial charge on any atom is 0.188 e. The summed E-state index contributed by atoms with van der Waals surface area (Å²) in [4.78, 5) is 8.87. The smallest absolute Gasteiger partial charge is 0.188 e. The van der Waals surface area contributed by atoms with Crippen molar-refractivity contribution >= 4 is 54.1 Å². The fourth-order valence-corrected chi connectivity index (χ4v) is 3.40. The van der Waals surface area contributed by atoms with Crippen molar-refractivity contribution in [2.24, 2.45) is 0 Å². The number of aromatic nitrogens is 2. The van der Waals surface area contributed by atoms with Crippen molar-refractivity contribution in [3.63, 3.8) is 0 Å². The zero-order chi connectivity index (χ0) is 11.8. The zero-order valence-electron chi connectivity index (χ0n) is 8.78. The Morgan fingerprint density at radius 3 is 2.88 bits per heavy atom. The fraction of sp³-hybridized carbons (Fsp3) is 0.273. The first kappa shape index (κ1) is 11.6. The highest BCUT2D eigenvalue weighted by Gasteiger charge is 2.26. The van der Waals surface area contributed by atoms with E-state index >= 15 is 0 Å². The van der Waals surface area contributed by atoms with Gasteiger partial charge in [-0.15, -0.1) is 11.3 Å². The molecule has 2 aromatic heterocycles. The zero-order valence-corrected chi connectivity index (χ0v) is 12.8. The second-order valence-electron chi connectivity index (χ2n) is 3.96. The van der Waals surface area contributed by atoms with Crippen LogP contribution < -0.4 is 5.32 Å². The van der Waals surface area contributed by atoms with Gasteiger partial charge in [0.2, 0.25) is 0 Å². The lowest BCUT2D eigenvalue weighted by molar-refractivity contribution is 1.05. The molecule has 2 aromatic rings. The highest BCUT2D eigenvalue weighted by atomic mass is 79.9. The number of rotatable bonds is 3. The minimum Gasteiger partial charge on any atom is -0.315 e. The molecule has 0 amide bonds. The van der Waals surface area contributed by atoms with Gasteiger partial charge in [-0.2, -0.15) is 0 Å². The molecule has 1 aliphatic rings. The lowest BCUT2D eigenvalue weighted by Gasteiger charge is -2.04. The molecule has 0 aliphatic heterocycles. The molecule has 0 unspecified atom stereocenters. The van der Waals surface area contributed by atoms with Crippen LogP contribution in [0.2, 0.25) is 0 Å². The molecule has 1 aliphatic carbocycles. The SMILES string of the molecule is Brc1cnc(Nc2nc(C3CC3)cs2)c(Br)c1. The van der Waals surface area contributed by atoms with Gasteiger partial charge in [-0.25, -0.2) is 9.97 Å². The molecule has 3 rings (SSSR count). The molecule has 1 saturated carbocycles. The Kier molecular flexibility index (Phi) is 3.19. The number of halogens is 2. The third-order valence-corrected chi connectivity index (χ3v) is 4.36. The molecule has 0 bridgehead atoms. The molecule has 1 N–H and O–H groups in total. The summed E-state index contributed by atoms with van der Waals surface area (Å²) in [5, 5.41) is 6.27. The van der Waals surface area contributed by atoms with Crippen LogP contribution in [0.1, 0.15) is 24.5 Å². The predicted octanol–water partition coefficient (Wildman–Crippen LogP) is 4.68. The van der Waals surface area contributed by atoms with Crippen molar-refractivity contribution in [1.29, 1.82) is 0 Å². The van der Waals surface area contributed by atoms with Gasteiger partial charge < -0.3 is 5.32 Å². The van der Waals surface area contributed by atoms with Gasteiger partial charge in [0.25, 0.3) is 0 Å². The summed E-state index contributed by atoms with van der Waals surface area (Å²) in [6.45, 7) is 0. The summed E-state index contributed by atoms with van der Waals surface area (Å²) in [6, 6.07) is 1.96. The molecular formula is C11H9Br2N3S. The summed E-state index contributed by atoms with van der Waals surface area (Å²) >= 11 is 8.49. The van der Waals surface area contributed by atoms with Gasteiger partial charge >= 0.3 is 0 Å². The summed E-state index contributed by atoms with van der Waals surface area (Å²) in [7, 11) is 0. The Bertz CT molecular complexity index is 551. The van der Waals surface area contributed by atoms with Gasteiger partial charge in [-0.3, -0.25) is 0 Å². The molecule has 0 spiro atoms. The predicted molar refractivity (Wildman–Crippen MR) is 77.0 cm³/mol. The van der Waals surface area contributed by atoms with E-state index in [-0.39, 0.29) is 0 Å². The number of nitrogens with zero attached hydrogens (tertiary/aromatic N) is 2. The molecule has 88 valence electrons. The van der Waals surface area contributed by atoms with Gasteiger partial charge in [0.1, 0.15) is 5.82 Å². The third kappa shape index (κ3) is 2.69. The summed E-state index contributed by atoms with van der Waals surface area (Å²) < 4.78 is 1.88. The van der Waals surface area contributed by atoms with Crippen molar-refractivity contribution in [1.82, 2.24) is 9.97 Å². The normalized spacial score (nSPS) is 14.9. The number of anilines is 2. The van der Waals surface area contributed by atoms with Gasteiger partial charge in [-0.05, 0) is 50.8 Å². The van der Waals surface area contributed by atoms with Crippen molar-refractivity contribution in [2.75, 3.05) is 5.32 Å². The minimum atomic E-state index is 0.697. The van der Waals surface area contributed by atoms with Crippen LogP contribution in [0.25, 0.3) is 0 Å². The van der Waals surface area contributed by atoms with Crippen LogP contribution in [0, 0.1) is 0 Å². The van der Waals surface area contributed by atoms with Crippen LogP contribution in [0.4, 0.5) is 10.9 Å². The fourth-order valence-electron chi connectivity index (χ4n) is 1.52. The van der Waals surface area contributed by atoms with Crippen LogP contribution in [0.5, 0.6) is 0 Å². The second-order valence-corrected chi connectivity index (χ2v) is 6.59. The molecule has 17 heavy (non-hydrogen) atoms. The summed E-state index contributed by atoms with van der Waals surface area (Å²) in [5.74, 6) is 1.49. The van der Waals surface area contributed by atoms with Crippen molar-refractivity contribution in [2.45, 2.75) is 18.8 Å². The highest BCUT2D eigenvalue weighted by molar-refractivity contribution is 9.11. The molecule has 0 atom stereocenters. The summed E-state index contributed by atoms with van der Waals surface area (Å²) in [5.41, 5.74) is 1.21. The number of hydrogen-bond donors (Lipinski definition) is 1. The Hall–Kier alpha value is -0.460. The lowest BCUT2D eigenvalue weighted by atomic mass is 10.3. The third-order valence-electron chi connectivity index (χ3n) is 2.55. The number of hydrogen-bond acceptors (Lipinski definition) is 4. The minimum absolute atomic E-state index is 0.697. The van der Waals surface area contributed by atoms with E-state index in [1.54, 1.807) is 17.5 Å². The van der Waals surface area contributed by atoms with E-state index < -0.39 is 0 Å². The van der Waals surface area contributed by atoms with E-state index in [1.165, 1.54) is 18.5 Å². The first-order valence-corrected chi connectivity index (χ1v) is 7.72. The lowest BCUT2D eigenvalue weighted by Crippen LogP contribution is -1.94. The Morgan fingerprint density at radius 2 is 2.18 bits per heavy atom. The van der Waals surface area contributed by atoms with Crippen molar-refractivity contribution < 1.29 is 0 Å². The summed E-state index contributed by atoms with van der Waals surface area (Å²) in [6.07, 6.45) is 4.33. The first-order valence-electron chi connectivity index (χ1n) is 5.26. The first-order chi connectivity index (χ1) is 8.22. The van der Waals surface area contributed by atoms with Gasteiger partial charge in [0, 0.05) is 22.0 Å². The number of thiazole rings is 1. The van der Waals surface area contributed by atoms with E-state index in [9.17, 15) is 0 Å².